The first-order valence-electron chi connectivity index (χ1n) is 2.89. The van der Waals surface area contributed by atoms with Gasteiger partial charge in [-0.2, -0.15) is 0 Å². The van der Waals surface area contributed by atoms with Gasteiger partial charge < -0.3 is 0 Å². The molecule has 30 valence electrons. The van der Waals surface area contributed by atoms with E-state index in [0.717, 1.165) is 6.49 Å². The first kappa shape index (κ1) is 4.36. The molecule has 0 amide bonds. The average molecular weight is 77.5 g/mol. The van der Waals surface area contributed by atoms with Gasteiger partial charge in [-0.15, -0.1) is 0 Å². The summed E-state index contributed by atoms with van der Waals surface area (Å²) in [6.07, 6.45) is 4.46. The molecule has 0 spiro atoms. The quantitative estimate of drug-likeness (QED) is 0.338. The van der Waals surface area contributed by atoms with Crippen molar-refractivity contribution in [1.29, 1.82) is 0 Å². The molecule has 6 heavy (non-hydrogen) atoms. The van der Waals surface area contributed by atoms with Crippen molar-refractivity contribution in [3.8, 4) is 0 Å². The van der Waals surface area contributed by atoms with E-state index in [9.17, 15) is 0 Å². The van der Waals surface area contributed by atoms with Gasteiger partial charge in [0.2, 0.25) is 0 Å². The Morgan fingerprint density at radius 3 is 2.67 bits per heavy atom. The largest absolute Gasteiger partial charge is 0.0890 e. The molecule has 1 fully saturated rings. The van der Waals surface area contributed by atoms with Crippen LogP contribution in [0.25, 0.3) is 0 Å². The molecular formula is C3H9B3. The molecule has 3 heteroatoms. The smallest absolute Gasteiger partial charge is 0.0822 e. The summed E-state index contributed by atoms with van der Waals surface area (Å²) in [7, 11) is 3.83. The molecule has 0 N–H and O–H groups in total. The van der Waals surface area contributed by atoms with Gasteiger partial charge in [0.15, 0.2) is 0 Å². The van der Waals surface area contributed by atoms with Crippen LogP contribution in [0.15, 0.2) is 0 Å². The van der Waals surface area contributed by atoms with Gasteiger partial charge in [0.25, 0.3) is 0 Å². The first-order valence-corrected chi connectivity index (χ1v) is 2.89. The van der Waals surface area contributed by atoms with Crippen LogP contribution in [0.2, 0.25) is 12.6 Å². The molecular weight excluding hydrogens is 68.5 g/mol. The van der Waals surface area contributed by atoms with Crippen molar-refractivity contribution < 1.29 is 0 Å². The Morgan fingerprint density at radius 1 is 1.67 bits per heavy atom. The minimum atomic E-state index is 1.05. The SMILES string of the molecule is BB1BCCC1. The molecule has 0 bridgehead atoms. The summed E-state index contributed by atoms with van der Waals surface area (Å²) in [6, 6.07) is 0. The van der Waals surface area contributed by atoms with Gasteiger partial charge in [-0.25, -0.2) is 0 Å². The molecule has 1 aliphatic heterocycles. The highest BCUT2D eigenvalue weighted by atomic mass is 13.7. The molecule has 0 aromatic carbocycles. The van der Waals surface area contributed by atoms with Gasteiger partial charge in [0, 0.05) is 0 Å². The highest BCUT2D eigenvalue weighted by Crippen LogP contribution is 2.07. The van der Waals surface area contributed by atoms with Crippen molar-refractivity contribution in [3.05, 3.63) is 0 Å². The third kappa shape index (κ3) is 0.827. The van der Waals surface area contributed by atoms with Crippen molar-refractivity contribution in [2.24, 2.45) is 0 Å². The van der Waals surface area contributed by atoms with E-state index in [1.54, 1.807) is 0 Å². The fourth-order valence-electron chi connectivity index (χ4n) is 1.13. The van der Waals surface area contributed by atoms with Crippen LogP contribution >= 0.6 is 0 Å². The molecule has 0 aromatic rings. The lowest BCUT2D eigenvalue weighted by Gasteiger charge is -1.83. The summed E-state index contributed by atoms with van der Waals surface area (Å²) in [4.78, 5) is 0. The lowest BCUT2D eigenvalue weighted by Crippen LogP contribution is -2.14. The van der Waals surface area contributed by atoms with Crippen LogP contribution in [0.5, 0.6) is 0 Å². The molecule has 0 saturated carbocycles. The second-order valence-corrected chi connectivity index (χ2v) is 2.39. The maximum Gasteiger partial charge on any atom is 0.0822 e. The van der Waals surface area contributed by atoms with Gasteiger partial charge in [0.05, 0.1) is 21.4 Å². The lowest BCUT2D eigenvalue weighted by molar-refractivity contribution is 1.09. The molecule has 1 heterocycles. The number of hydrogen-bond donors (Lipinski definition) is 0. The summed E-state index contributed by atoms with van der Waals surface area (Å²) < 4.78 is 0. The zero-order chi connectivity index (χ0) is 4.41. The molecule has 1 saturated heterocycles. The molecule has 0 aromatic heterocycles. The van der Waals surface area contributed by atoms with E-state index >= 15 is 0 Å². The molecule has 1 rings (SSSR count). The van der Waals surface area contributed by atoms with Gasteiger partial charge in [-0.3, -0.25) is 0 Å². The Hall–Kier alpha value is 0.195. The molecule has 0 nitrogen and oxygen atoms in total. The molecule has 0 atom stereocenters. The molecule has 0 unspecified atom stereocenters. The van der Waals surface area contributed by atoms with Crippen molar-refractivity contribution in [2.45, 2.75) is 19.1 Å². The van der Waals surface area contributed by atoms with Gasteiger partial charge in [0.1, 0.15) is 0 Å². The molecule has 1 aliphatic rings. The Labute approximate surface area is 41.4 Å². The standard InChI is InChI=1S/C3H9B3/c4-6-3-1-2-5-6/h5H,1-4H2. The van der Waals surface area contributed by atoms with Crippen molar-refractivity contribution in [1.82, 2.24) is 0 Å². The molecule has 0 radical (unpaired) electrons. The van der Waals surface area contributed by atoms with E-state index in [-0.39, 0.29) is 0 Å². The first-order chi connectivity index (χ1) is 2.89. The zero-order valence-corrected chi connectivity index (χ0v) is 4.41. The summed E-state index contributed by atoms with van der Waals surface area (Å²) in [5.74, 6) is 0. The fraction of sp³-hybridized carbons (Fsp3) is 1.00. The highest BCUT2D eigenvalue weighted by molar-refractivity contribution is 7.35. The van der Waals surface area contributed by atoms with Gasteiger partial charge >= 0.3 is 0 Å². The van der Waals surface area contributed by atoms with Crippen LogP contribution < -0.4 is 0 Å². The summed E-state index contributed by atoms with van der Waals surface area (Å²) in [5, 5.41) is 0. The van der Waals surface area contributed by atoms with Crippen LogP contribution in [0.1, 0.15) is 6.42 Å². The highest BCUT2D eigenvalue weighted by Gasteiger charge is 2.12. The minimum Gasteiger partial charge on any atom is -0.0890 e. The van der Waals surface area contributed by atoms with E-state index in [4.69, 9.17) is 0 Å². The Balaban J connectivity index is 2.18. The van der Waals surface area contributed by atoms with E-state index in [0.29, 0.717) is 0 Å². The average Bonchev–Trinajstić information content (AvgIpc) is 1.86. The monoisotopic (exact) mass is 78.1 g/mol. The topological polar surface area (TPSA) is 0 Å². The second-order valence-electron chi connectivity index (χ2n) is 2.39. The second kappa shape index (κ2) is 1.77. The van der Waals surface area contributed by atoms with Crippen LogP contribution in [0.4, 0.5) is 0 Å². The predicted molar refractivity (Wildman–Crippen MR) is 35.7 cm³/mol. The van der Waals surface area contributed by atoms with Crippen LogP contribution in [-0.4, -0.2) is 21.4 Å². The summed E-state index contributed by atoms with van der Waals surface area (Å²) in [5.41, 5.74) is 0. The van der Waals surface area contributed by atoms with E-state index in [1.165, 1.54) is 26.2 Å². The van der Waals surface area contributed by atoms with Crippen molar-refractivity contribution >= 4 is 21.4 Å². The zero-order valence-electron chi connectivity index (χ0n) is 4.41. The van der Waals surface area contributed by atoms with E-state index in [1.807, 2.05) is 0 Å². The van der Waals surface area contributed by atoms with E-state index < -0.39 is 0 Å². The minimum absolute atomic E-state index is 1.05. The van der Waals surface area contributed by atoms with Crippen molar-refractivity contribution in [3.63, 3.8) is 0 Å². The summed E-state index contributed by atoms with van der Waals surface area (Å²) in [6.45, 7) is 1.05. The lowest BCUT2D eigenvalue weighted by atomic mass is 9.12. The third-order valence-electron chi connectivity index (χ3n) is 1.64. The van der Waals surface area contributed by atoms with Crippen LogP contribution in [0, 0.1) is 0 Å². The Bertz CT molecular complexity index is 39.3. The molecule has 0 aliphatic carbocycles. The van der Waals surface area contributed by atoms with Gasteiger partial charge in [-0.05, 0) is 0 Å². The third-order valence-corrected chi connectivity index (χ3v) is 1.64. The van der Waals surface area contributed by atoms with E-state index in [2.05, 4.69) is 7.74 Å². The fourth-order valence-corrected chi connectivity index (χ4v) is 1.13. The number of rotatable bonds is 0. The van der Waals surface area contributed by atoms with Crippen LogP contribution in [0.3, 0.4) is 0 Å². The Kier molecular flexibility index (Phi) is 1.28. The normalized spacial score (nSPS) is 21.0. The summed E-state index contributed by atoms with van der Waals surface area (Å²) >= 11 is 0. The van der Waals surface area contributed by atoms with Crippen molar-refractivity contribution in [2.75, 3.05) is 0 Å². The predicted octanol–water partition coefficient (Wildman–Crippen LogP) is -0.634. The van der Waals surface area contributed by atoms with Crippen LogP contribution in [-0.2, 0) is 0 Å². The maximum atomic E-state index is 2.34. The van der Waals surface area contributed by atoms with Gasteiger partial charge in [-0.1, -0.05) is 19.1 Å². The maximum absolute atomic E-state index is 2.34. The number of hydrogen-bond acceptors (Lipinski definition) is 0. The Morgan fingerprint density at radius 2 is 2.50 bits per heavy atom.